The number of aryl methyl sites for hydroxylation is 2. The van der Waals surface area contributed by atoms with Crippen LogP contribution in [0.25, 0.3) is 0 Å². The fraction of sp³-hybridized carbons (Fsp3) is 0.409. The first-order chi connectivity index (χ1) is 12.0. The van der Waals surface area contributed by atoms with Crippen LogP contribution in [0.4, 0.5) is 0 Å². The van der Waals surface area contributed by atoms with E-state index < -0.39 is 0 Å². The van der Waals surface area contributed by atoms with Crippen molar-refractivity contribution in [2.24, 2.45) is 0 Å². The van der Waals surface area contributed by atoms with Gasteiger partial charge in [-0.25, -0.2) is 4.79 Å². The predicted octanol–water partition coefficient (Wildman–Crippen LogP) is 5.33. The Labute approximate surface area is 150 Å². The van der Waals surface area contributed by atoms with Crippen LogP contribution < -0.4 is 4.74 Å². The number of hydrogen-bond donors (Lipinski definition) is 0. The van der Waals surface area contributed by atoms with E-state index in [9.17, 15) is 4.79 Å². The molecule has 0 atom stereocenters. The third kappa shape index (κ3) is 4.22. The van der Waals surface area contributed by atoms with Gasteiger partial charge >= 0.3 is 5.97 Å². The molecule has 25 heavy (non-hydrogen) atoms. The minimum absolute atomic E-state index is 0.134. The van der Waals surface area contributed by atoms with Crippen molar-refractivity contribution >= 4 is 5.97 Å². The molecule has 1 aliphatic carbocycles. The second kappa shape index (κ2) is 7.30. The quantitative estimate of drug-likeness (QED) is 0.668. The molecule has 3 heteroatoms. The first-order valence-electron chi connectivity index (χ1n) is 8.98. The van der Waals surface area contributed by atoms with Gasteiger partial charge in [-0.05, 0) is 69.7 Å². The average Bonchev–Trinajstić information content (AvgIpc) is 3.38. The zero-order chi connectivity index (χ0) is 18.0. The molecule has 0 spiro atoms. The van der Waals surface area contributed by atoms with Gasteiger partial charge in [0, 0.05) is 5.56 Å². The van der Waals surface area contributed by atoms with E-state index in [0.717, 1.165) is 16.9 Å². The Balaban J connectivity index is 1.88. The smallest absolute Gasteiger partial charge is 0.338 e. The second-order valence-electron chi connectivity index (χ2n) is 7.16. The van der Waals surface area contributed by atoms with Gasteiger partial charge in [-0.3, -0.25) is 0 Å². The van der Waals surface area contributed by atoms with Gasteiger partial charge in [0.25, 0.3) is 0 Å². The van der Waals surface area contributed by atoms with Gasteiger partial charge in [-0.2, -0.15) is 0 Å². The Morgan fingerprint density at radius 1 is 1.16 bits per heavy atom. The van der Waals surface area contributed by atoms with Crippen molar-refractivity contribution in [1.29, 1.82) is 0 Å². The van der Waals surface area contributed by atoms with E-state index in [1.165, 1.54) is 24.0 Å². The highest BCUT2D eigenvalue weighted by Crippen LogP contribution is 2.42. The maximum atomic E-state index is 12.5. The number of benzene rings is 2. The van der Waals surface area contributed by atoms with Crippen LogP contribution in [0.3, 0.4) is 0 Å². The minimum atomic E-state index is -0.267. The lowest BCUT2D eigenvalue weighted by atomic mass is 9.98. The van der Waals surface area contributed by atoms with E-state index in [2.05, 4.69) is 19.1 Å². The average molecular weight is 338 g/mol. The van der Waals surface area contributed by atoms with E-state index in [-0.39, 0.29) is 12.1 Å². The highest BCUT2D eigenvalue weighted by molar-refractivity contribution is 5.91. The van der Waals surface area contributed by atoms with Crippen molar-refractivity contribution < 1.29 is 14.3 Å². The standard InChI is InChI=1S/C22H26O3/c1-14(2)25-22(23)19-7-5-6-18(17-9-10-17)20(19)13-24-21-11-8-15(3)12-16(21)4/h5-8,11-12,14,17H,9-10,13H2,1-4H3. The lowest BCUT2D eigenvalue weighted by Gasteiger charge is -2.17. The first kappa shape index (κ1) is 17.5. The zero-order valence-electron chi connectivity index (χ0n) is 15.5. The Morgan fingerprint density at radius 2 is 1.92 bits per heavy atom. The van der Waals surface area contributed by atoms with Gasteiger partial charge in [0.2, 0.25) is 0 Å². The first-order valence-corrected chi connectivity index (χ1v) is 8.98. The van der Waals surface area contributed by atoms with Crippen molar-refractivity contribution in [1.82, 2.24) is 0 Å². The molecule has 3 nitrogen and oxygen atoms in total. The zero-order valence-corrected chi connectivity index (χ0v) is 15.5. The summed E-state index contributed by atoms with van der Waals surface area (Å²) in [5.41, 5.74) is 5.14. The molecule has 2 aromatic rings. The Kier molecular flexibility index (Phi) is 5.12. The maximum absolute atomic E-state index is 12.5. The van der Waals surface area contributed by atoms with Gasteiger partial charge in [0.1, 0.15) is 12.4 Å². The second-order valence-corrected chi connectivity index (χ2v) is 7.16. The minimum Gasteiger partial charge on any atom is -0.489 e. The van der Waals surface area contributed by atoms with E-state index in [1.807, 2.05) is 45.0 Å². The monoisotopic (exact) mass is 338 g/mol. The summed E-state index contributed by atoms with van der Waals surface area (Å²) in [6, 6.07) is 12.1. The van der Waals surface area contributed by atoms with Crippen LogP contribution in [0.5, 0.6) is 5.75 Å². The Bertz CT molecular complexity index is 773. The van der Waals surface area contributed by atoms with Crippen LogP contribution in [-0.4, -0.2) is 12.1 Å². The summed E-state index contributed by atoms with van der Waals surface area (Å²) in [4.78, 5) is 12.5. The Morgan fingerprint density at radius 3 is 2.56 bits per heavy atom. The summed E-state index contributed by atoms with van der Waals surface area (Å²) in [5.74, 6) is 1.14. The molecule has 0 aromatic heterocycles. The van der Waals surface area contributed by atoms with Gasteiger partial charge in [0.15, 0.2) is 0 Å². The van der Waals surface area contributed by atoms with Crippen LogP contribution >= 0.6 is 0 Å². The predicted molar refractivity (Wildman–Crippen MR) is 99.2 cm³/mol. The molecule has 2 aromatic carbocycles. The molecular weight excluding hydrogens is 312 g/mol. The van der Waals surface area contributed by atoms with Crippen molar-refractivity contribution in [3.05, 3.63) is 64.2 Å². The number of carbonyl (C=O) groups is 1. The number of esters is 1. The topological polar surface area (TPSA) is 35.5 Å². The number of hydrogen-bond acceptors (Lipinski definition) is 3. The summed E-state index contributed by atoms with van der Waals surface area (Å²) in [5, 5.41) is 0. The molecule has 132 valence electrons. The molecule has 0 heterocycles. The van der Waals surface area contributed by atoms with E-state index in [1.54, 1.807) is 0 Å². The summed E-state index contributed by atoms with van der Waals surface area (Å²) in [7, 11) is 0. The molecule has 0 unspecified atom stereocenters. The summed E-state index contributed by atoms with van der Waals surface area (Å²) >= 11 is 0. The fourth-order valence-electron chi connectivity index (χ4n) is 3.12. The van der Waals surface area contributed by atoms with Gasteiger partial charge in [0.05, 0.1) is 11.7 Å². The molecule has 0 radical (unpaired) electrons. The van der Waals surface area contributed by atoms with Crippen molar-refractivity contribution in [2.45, 2.75) is 59.2 Å². The Hall–Kier alpha value is -2.29. The van der Waals surface area contributed by atoms with Crippen molar-refractivity contribution in [3.8, 4) is 5.75 Å². The molecule has 1 saturated carbocycles. The molecule has 1 fully saturated rings. The van der Waals surface area contributed by atoms with Gasteiger partial charge in [-0.15, -0.1) is 0 Å². The largest absolute Gasteiger partial charge is 0.489 e. The lowest BCUT2D eigenvalue weighted by Crippen LogP contribution is -2.16. The van der Waals surface area contributed by atoms with E-state index in [0.29, 0.717) is 18.1 Å². The van der Waals surface area contributed by atoms with Crippen LogP contribution in [0.15, 0.2) is 36.4 Å². The van der Waals surface area contributed by atoms with Crippen molar-refractivity contribution in [2.75, 3.05) is 0 Å². The van der Waals surface area contributed by atoms with Crippen molar-refractivity contribution in [3.63, 3.8) is 0 Å². The van der Waals surface area contributed by atoms with Crippen LogP contribution in [0, 0.1) is 13.8 Å². The van der Waals surface area contributed by atoms with Crippen LogP contribution in [0.2, 0.25) is 0 Å². The number of carbonyl (C=O) groups excluding carboxylic acids is 1. The molecule has 0 saturated heterocycles. The van der Waals surface area contributed by atoms with Crippen LogP contribution in [-0.2, 0) is 11.3 Å². The highest BCUT2D eigenvalue weighted by atomic mass is 16.5. The van der Waals surface area contributed by atoms with Gasteiger partial charge < -0.3 is 9.47 Å². The third-order valence-electron chi connectivity index (χ3n) is 4.49. The number of rotatable bonds is 6. The van der Waals surface area contributed by atoms with Gasteiger partial charge in [-0.1, -0.05) is 29.8 Å². The third-order valence-corrected chi connectivity index (χ3v) is 4.49. The molecule has 0 amide bonds. The molecule has 0 aliphatic heterocycles. The summed E-state index contributed by atoms with van der Waals surface area (Å²) < 4.78 is 11.5. The number of ether oxygens (including phenoxy) is 2. The maximum Gasteiger partial charge on any atom is 0.338 e. The lowest BCUT2D eigenvalue weighted by molar-refractivity contribution is 0.0375. The normalized spacial score (nSPS) is 13.8. The molecule has 3 rings (SSSR count). The fourth-order valence-corrected chi connectivity index (χ4v) is 3.12. The van der Waals surface area contributed by atoms with Crippen LogP contribution in [0.1, 0.15) is 65.2 Å². The van der Waals surface area contributed by atoms with E-state index in [4.69, 9.17) is 9.47 Å². The molecule has 0 N–H and O–H groups in total. The molecule has 0 bridgehead atoms. The van der Waals surface area contributed by atoms with E-state index >= 15 is 0 Å². The molecular formula is C22H26O3. The SMILES string of the molecule is Cc1ccc(OCc2c(C(=O)OC(C)C)cccc2C2CC2)c(C)c1. The highest BCUT2D eigenvalue weighted by Gasteiger charge is 2.29. The summed E-state index contributed by atoms with van der Waals surface area (Å²) in [6.07, 6.45) is 2.23. The molecule has 1 aliphatic rings. The summed E-state index contributed by atoms with van der Waals surface area (Å²) in [6.45, 7) is 8.24.